The summed E-state index contributed by atoms with van der Waals surface area (Å²) in [5.74, 6) is 1.75. The zero-order valence-electron chi connectivity index (χ0n) is 12.7. The fourth-order valence-corrected chi connectivity index (χ4v) is 2.86. The molecule has 1 aromatic heterocycles. The van der Waals surface area contributed by atoms with E-state index >= 15 is 0 Å². The Morgan fingerprint density at radius 3 is 3.26 bits per heavy atom. The van der Waals surface area contributed by atoms with Gasteiger partial charge in [0.2, 0.25) is 0 Å². The summed E-state index contributed by atoms with van der Waals surface area (Å²) in [6.07, 6.45) is 4.50. The van der Waals surface area contributed by atoms with E-state index in [1.54, 1.807) is 6.20 Å². The second kappa shape index (κ2) is 5.66. The Labute approximate surface area is 139 Å². The SMILES string of the molecule is CC(=S)NCC1CC(c2ccc3c(c2)OCc2nccn2-3)=NO1. The van der Waals surface area contributed by atoms with Crippen LogP contribution in [-0.2, 0) is 11.4 Å². The van der Waals surface area contributed by atoms with Crippen LogP contribution in [-0.4, -0.2) is 32.9 Å². The minimum absolute atomic E-state index is 0.0140. The van der Waals surface area contributed by atoms with Gasteiger partial charge in [-0.3, -0.25) is 4.57 Å². The summed E-state index contributed by atoms with van der Waals surface area (Å²) in [6.45, 7) is 3.01. The van der Waals surface area contributed by atoms with Gasteiger partial charge in [-0.15, -0.1) is 0 Å². The topological polar surface area (TPSA) is 60.7 Å². The van der Waals surface area contributed by atoms with Gasteiger partial charge >= 0.3 is 0 Å². The Balaban J connectivity index is 1.53. The quantitative estimate of drug-likeness (QED) is 0.875. The second-order valence-electron chi connectivity index (χ2n) is 5.59. The first-order valence-corrected chi connectivity index (χ1v) is 7.88. The van der Waals surface area contributed by atoms with Crippen molar-refractivity contribution < 1.29 is 9.57 Å². The van der Waals surface area contributed by atoms with Crippen LogP contribution in [0, 0.1) is 0 Å². The van der Waals surface area contributed by atoms with Crippen molar-refractivity contribution in [2.24, 2.45) is 5.16 Å². The van der Waals surface area contributed by atoms with Crippen molar-refractivity contribution >= 4 is 22.9 Å². The molecule has 2 aliphatic rings. The van der Waals surface area contributed by atoms with Crippen LogP contribution in [0.3, 0.4) is 0 Å². The molecule has 1 atom stereocenters. The molecular weight excluding hydrogens is 312 g/mol. The molecule has 6 nitrogen and oxygen atoms in total. The Hall–Kier alpha value is -2.41. The van der Waals surface area contributed by atoms with Gasteiger partial charge in [0.1, 0.15) is 18.5 Å². The number of oxime groups is 1. The number of hydrogen-bond donors (Lipinski definition) is 1. The third kappa shape index (κ3) is 2.68. The van der Waals surface area contributed by atoms with Gasteiger partial charge in [-0.1, -0.05) is 23.4 Å². The van der Waals surface area contributed by atoms with Gasteiger partial charge in [0.25, 0.3) is 0 Å². The number of benzene rings is 1. The lowest BCUT2D eigenvalue weighted by Crippen LogP contribution is -2.29. The van der Waals surface area contributed by atoms with Gasteiger partial charge in [-0.25, -0.2) is 4.98 Å². The molecule has 1 aromatic carbocycles. The molecule has 3 heterocycles. The number of nitrogens with zero attached hydrogens (tertiary/aromatic N) is 3. The van der Waals surface area contributed by atoms with E-state index in [1.807, 2.05) is 35.9 Å². The maximum atomic E-state index is 5.81. The predicted molar refractivity (Wildman–Crippen MR) is 90.2 cm³/mol. The molecule has 0 amide bonds. The Bertz CT molecular complexity index is 799. The fourth-order valence-electron chi connectivity index (χ4n) is 2.78. The summed E-state index contributed by atoms with van der Waals surface area (Å²) in [4.78, 5) is 10.5. The van der Waals surface area contributed by atoms with Gasteiger partial charge in [-0.05, 0) is 19.1 Å². The van der Waals surface area contributed by atoms with E-state index in [0.29, 0.717) is 13.2 Å². The van der Waals surface area contributed by atoms with E-state index in [2.05, 4.69) is 15.5 Å². The zero-order chi connectivity index (χ0) is 15.8. The molecule has 2 aliphatic heterocycles. The maximum absolute atomic E-state index is 5.81. The first-order valence-electron chi connectivity index (χ1n) is 7.47. The van der Waals surface area contributed by atoms with E-state index in [9.17, 15) is 0 Å². The van der Waals surface area contributed by atoms with Gasteiger partial charge in [-0.2, -0.15) is 0 Å². The first kappa shape index (κ1) is 14.2. The van der Waals surface area contributed by atoms with E-state index in [0.717, 1.165) is 39.9 Å². The molecule has 1 N–H and O–H groups in total. The van der Waals surface area contributed by atoms with Crippen molar-refractivity contribution in [3.05, 3.63) is 42.0 Å². The summed E-state index contributed by atoms with van der Waals surface area (Å²) >= 11 is 5.02. The summed E-state index contributed by atoms with van der Waals surface area (Å²) in [7, 11) is 0. The second-order valence-corrected chi connectivity index (χ2v) is 6.20. The maximum Gasteiger partial charge on any atom is 0.151 e. The molecule has 0 saturated heterocycles. The van der Waals surface area contributed by atoms with Crippen LogP contribution in [0.4, 0.5) is 0 Å². The molecule has 0 bridgehead atoms. The average molecular weight is 328 g/mol. The third-order valence-corrected chi connectivity index (χ3v) is 4.08. The van der Waals surface area contributed by atoms with Crippen LogP contribution < -0.4 is 10.1 Å². The van der Waals surface area contributed by atoms with E-state index < -0.39 is 0 Å². The van der Waals surface area contributed by atoms with Crippen LogP contribution in [0.25, 0.3) is 5.69 Å². The van der Waals surface area contributed by atoms with E-state index in [1.165, 1.54) is 0 Å². The van der Waals surface area contributed by atoms with E-state index in [-0.39, 0.29) is 6.10 Å². The van der Waals surface area contributed by atoms with Crippen molar-refractivity contribution in [3.8, 4) is 11.4 Å². The highest BCUT2D eigenvalue weighted by atomic mass is 32.1. The standard InChI is InChI=1S/C16H16N4O2S/c1-10(23)18-8-12-7-13(19-22-12)11-2-3-14-15(6-11)21-9-16-17-4-5-20(14)16/h2-6,12H,7-9H2,1H3,(H,18,23). The van der Waals surface area contributed by atoms with Gasteiger partial charge in [0, 0.05) is 24.4 Å². The number of nitrogens with one attached hydrogen (secondary N) is 1. The minimum atomic E-state index is 0.0140. The molecule has 7 heteroatoms. The highest BCUT2D eigenvalue weighted by Crippen LogP contribution is 2.31. The summed E-state index contributed by atoms with van der Waals surface area (Å²) < 4.78 is 7.85. The number of ether oxygens (including phenoxy) is 1. The molecule has 0 saturated carbocycles. The van der Waals surface area contributed by atoms with Crippen LogP contribution in [0.15, 0.2) is 35.7 Å². The number of imidazole rings is 1. The first-order chi connectivity index (χ1) is 11.2. The largest absolute Gasteiger partial charge is 0.483 e. The van der Waals surface area contributed by atoms with Crippen LogP contribution in [0.1, 0.15) is 24.7 Å². The molecule has 1 unspecified atom stereocenters. The Kier molecular flexibility index (Phi) is 3.49. The molecule has 0 fully saturated rings. The van der Waals surface area contributed by atoms with Gasteiger partial charge < -0.3 is 14.9 Å². The summed E-state index contributed by atoms with van der Waals surface area (Å²) in [5.41, 5.74) is 2.96. The van der Waals surface area contributed by atoms with Crippen molar-refractivity contribution in [3.63, 3.8) is 0 Å². The number of fused-ring (bicyclic) bond motifs is 3. The fraction of sp³-hybridized carbons (Fsp3) is 0.312. The van der Waals surface area contributed by atoms with Crippen molar-refractivity contribution in [1.29, 1.82) is 0 Å². The molecule has 0 spiro atoms. The van der Waals surface area contributed by atoms with Crippen LogP contribution in [0.2, 0.25) is 0 Å². The van der Waals surface area contributed by atoms with Gasteiger partial charge in [0.15, 0.2) is 5.82 Å². The smallest absolute Gasteiger partial charge is 0.151 e. The van der Waals surface area contributed by atoms with Crippen LogP contribution >= 0.6 is 12.2 Å². The predicted octanol–water partition coefficient (Wildman–Crippen LogP) is 2.19. The zero-order valence-corrected chi connectivity index (χ0v) is 13.5. The number of hydrogen-bond acceptors (Lipinski definition) is 5. The minimum Gasteiger partial charge on any atom is -0.483 e. The summed E-state index contributed by atoms with van der Waals surface area (Å²) in [5, 5.41) is 7.32. The van der Waals surface area contributed by atoms with Crippen molar-refractivity contribution in [1.82, 2.24) is 14.9 Å². The molecule has 4 rings (SSSR count). The number of rotatable bonds is 3. The highest BCUT2D eigenvalue weighted by molar-refractivity contribution is 7.80. The number of aromatic nitrogens is 2. The molecular formula is C16H16N4O2S. The van der Waals surface area contributed by atoms with Gasteiger partial charge in [0.05, 0.1) is 22.9 Å². The average Bonchev–Trinajstić information content (AvgIpc) is 3.21. The molecule has 23 heavy (non-hydrogen) atoms. The molecule has 118 valence electrons. The molecule has 0 radical (unpaired) electrons. The number of thiocarbonyl (C=S) groups is 1. The summed E-state index contributed by atoms with van der Waals surface area (Å²) in [6, 6.07) is 6.09. The third-order valence-electron chi connectivity index (χ3n) is 3.94. The molecule has 0 aliphatic carbocycles. The Morgan fingerprint density at radius 1 is 1.48 bits per heavy atom. The highest BCUT2D eigenvalue weighted by Gasteiger charge is 2.24. The normalized spacial score (nSPS) is 18.3. The lowest BCUT2D eigenvalue weighted by atomic mass is 10.0. The lowest BCUT2D eigenvalue weighted by Gasteiger charge is -2.20. The monoisotopic (exact) mass is 328 g/mol. The van der Waals surface area contributed by atoms with E-state index in [4.69, 9.17) is 21.8 Å². The van der Waals surface area contributed by atoms with Crippen LogP contribution in [0.5, 0.6) is 5.75 Å². The lowest BCUT2D eigenvalue weighted by molar-refractivity contribution is 0.0887. The molecule has 2 aromatic rings. The van der Waals surface area contributed by atoms with Crippen molar-refractivity contribution in [2.45, 2.75) is 26.1 Å². The Morgan fingerprint density at radius 2 is 2.39 bits per heavy atom. The van der Waals surface area contributed by atoms with Crippen molar-refractivity contribution in [2.75, 3.05) is 6.54 Å².